The van der Waals surface area contributed by atoms with Crippen LogP contribution in [0.4, 0.5) is 28.2 Å². The van der Waals surface area contributed by atoms with Crippen LogP contribution in [0.1, 0.15) is 0 Å². The molecule has 2 N–H and O–H groups in total. The SMILES string of the molecule is F.F.F.F.F.F.O.[SiH4]. The van der Waals surface area contributed by atoms with Crippen molar-refractivity contribution in [1.29, 1.82) is 0 Å². The molecule has 64 valence electrons. The van der Waals surface area contributed by atoms with Crippen molar-refractivity contribution in [3.05, 3.63) is 0 Å². The molecule has 0 heterocycles. The van der Waals surface area contributed by atoms with E-state index in [1.54, 1.807) is 0 Å². The molecule has 0 fully saturated rings. The summed E-state index contributed by atoms with van der Waals surface area (Å²) in [6.07, 6.45) is 0. The van der Waals surface area contributed by atoms with E-state index in [2.05, 4.69) is 0 Å². The van der Waals surface area contributed by atoms with Gasteiger partial charge in [-0.2, -0.15) is 0 Å². The molecule has 0 bridgehead atoms. The van der Waals surface area contributed by atoms with Gasteiger partial charge in [0, 0.05) is 0 Å². The van der Waals surface area contributed by atoms with Crippen LogP contribution in [0.15, 0.2) is 0 Å². The minimum atomic E-state index is 0. The third kappa shape index (κ3) is 2200. The molecule has 0 aliphatic heterocycles. The van der Waals surface area contributed by atoms with E-state index in [0.717, 1.165) is 0 Å². The molecular formula is H12F6OSi. The number of hydrogen-bond acceptors (Lipinski definition) is 0. The van der Waals surface area contributed by atoms with E-state index >= 15 is 0 Å². The summed E-state index contributed by atoms with van der Waals surface area (Å²) < 4.78 is 0. The maximum absolute atomic E-state index is 0. The van der Waals surface area contributed by atoms with Gasteiger partial charge in [-0.15, -0.1) is 0 Å². The molecule has 0 radical (unpaired) electrons. The lowest BCUT2D eigenvalue weighted by Crippen LogP contribution is -0.381. The number of hydrogen-bond donors (Lipinski definition) is 0. The van der Waals surface area contributed by atoms with Gasteiger partial charge in [0.1, 0.15) is 0 Å². The highest BCUT2D eigenvalue weighted by Crippen LogP contribution is 0.425. The van der Waals surface area contributed by atoms with Crippen LogP contribution in [0.5, 0.6) is 0 Å². The van der Waals surface area contributed by atoms with Crippen LogP contribution in [0.25, 0.3) is 0 Å². The second-order valence-electron chi connectivity index (χ2n) is 0. The van der Waals surface area contributed by atoms with Gasteiger partial charge in [-0.25, -0.2) is 0 Å². The molecular weight excluding hydrogens is 158 g/mol. The van der Waals surface area contributed by atoms with Crippen LogP contribution >= 0.6 is 0 Å². The summed E-state index contributed by atoms with van der Waals surface area (Å²) in [5.41, 5.74) is 0. The third-order valence-electron chi connectivity index (χ3n) is 0. The van der Waals surface area contributed by atoms with Gasteiger partial charge in [0.15, 0.2) is 0 Å². The Morgan fingerprint density at radius 1 is 0.375 bits per heavy atom. The van der Waals surface area contributed by atoms with Crippen molar-refractivity contribution in [2.24, 2.45) is 0 Å². The van der Waals surface area contributed by atoms with Crippen LogP contribution in [0, 0.1) is 0 Å². The topological polar surface area (TPSA) is 31.5 Å². The minimum Gasteiger partial charge on any atom is -0.412 e. The summed E-state index contributed by atoms with van der Waals surface area (Å²) in [7, 11) is 0. The first kappa shape index (κ1) is 5990. The Morgan fingerprint density at radius 2 is 0.375 bits per heavy atom. The van der Waals surface area contributed by atoms with Gasteiger partial charge in [0.05, 0.1) is 0 Å². The van der Waals surface area contributed by atoms with Gasteiger partial charge in [-0.05, 0) is 11.0 Å². The van der Waals surface area contributed by atoms with Crippen molar-refractivity contribution in [3.63, 3.8) is 0 Å². The van der Waals surface area contributed by atoms with Crippen molar-refractivity contribution in [1.82, 2.24) is 0 Å². The summed E-state index contributed by atoms with van der Waals surface area (Å²) in [5.74, 6) is 0. The van der Waals surface area contributed by atoms with Gasteiger partial charge < -0.3 is 5.48 Å². The van der Waals surface area contributed by atoms with E-state index < -0.39 is 0 Å². The molecule has 0 spiro atoms. The summed E-state index contributed by atoms with van der Waals surface area (Å²) in [4.78, 5) is 0. The summed E-state index contributed by atoms with van der Waals surface area (Å²) in [6.45, 7) is 0. The minimum absolute atomic E-state index is 0. The molecule has 1 nitrogen and oxygen atoms in total. The molecule has 0 saturated carbocycles. The molecule has 0 amide bonds. The highest BCUT2D eigenvalue weighted by Gasteiger charge is -0.0148. The van der Waals surface area contributed by atoms with Crippen molar-refractivity contribution >= 4 is 11.0 Å². The van der Waals surface area contributed by atoms with Gasteiger partial charge in [0.2, 0.25) is 0 Å². The molecule has 0 aromatic heterocycles. The fraction of sp³-hybridized carbons (Fsp3) is 0. The van der Waals surface area contributed by atoms with E-state index in [0.29, 0.717) is 0 Å². The zero-order chi connectivity index (χ0) is 0. The molecule has 0 aliphatic carbocycles. The average molecular weight is 170 g/mol. The molecule has 0 aromatic rings. The van der Waals surface area contributed by atoms with Crippen molar-refractivity contribution in [2.45, 2.75) is 0 Å². The van der Waals surface area contributed by atoms with Crippen molar-refractivity contribution in [2.75, 3.05) is 0 Å². The second-order valence-corrected chi connectivity index (χ2v) is 0. The van der Waals surface area contributed by atoms with Crippen molar-refractivity contribution in [3.8, 4) is 0 Å². The van der Waals surface area contributed by atoms with E-state index in [1.807, 2.05) is 0 Å². The Labute approximate surface area is 46.0 Å². The smallest absolute Gasteiger partial charge is 0.0149 e. The zero-order valence-electron chi connectivity index (χ0n) is 2.95. The predicted molar refractivity (Wildman–Crippen MR) is 30.0 cm³/mol. The first-order chi connectivity index (χ1) is 0. The Hall–Kier alpha value is -0.243. The van der Waals surface area contributed by atoms with E-state index in [4.69, 9.17) is 0 Å². The average Bonchev–Trinajstić information content (AvgIpc) is 0. The lowest BCUT2D eigenvalue weighted by atomic mass is 16.0. The van der Waals surface area contributed by atoms with Crippen LogP contribution < -0.4 is 0 Å². The van der Waals surface area contributed by atoms with Crippen LogP contribution in [0.3, 0.4) is 0 Å². The Morgan fingerprint density at radius 3 is 0.375 bits per heavy atom. The fourth-order valence-corrected chi connectivity index (χ4v) is 0. The molecule has 0 saturated heterocycles. The normalized spacial score (nSPS) is 0. The Balaban J connectivity index is 0. The third-order valence-corrected chi connectivity index (χ3v) is 0. The molecule has 0 aliphatic rings. The van der Waals surface area contributed by atoms with E-state index in [9.17, 15) is 0 Å². The zero-order valence-corrected chi connectivity index (χ0v) is 2.95. The first-order valence-corrected chi connectivity index (χ1v) is 0. The standard InChI is InChI=1S/6FH.H2O.H4Si/h6*1H;1H2;1H4. The van der Waals surface area contributed by atoms with Gasteiger partial charge >= 0.3 is 0 Å². The van der Waals surface area contributed by atoms with Gasteiger partial charge in [-0.1, -0.05) is 0 Å². The van der Waals surface area contributed by atoms with Crippen molar-refractivity contribution < 1.29 is 33.7 Å². The molecule has 8 heavy (non-hydrogen) atoms. The lowest BCUT2D eigenvalue weighted by molar-refractivity contribution is 0.824. The largest absolute Gasteiger partial charge is 0.412 e. The predicted octanol–water partition coefficient (Wildman–Crippen LogP) is -1.36. The molecule has 0 atom stereocenters. The fourth-order valence-electron chi connectivity index (χ4n) is 0. The molecule has 0 unspecified atom stereocenters. The van der Waals surface area contributed by atoms with E-state index in [-0.39, 0.29) is 44.7 Å². The second kappa shape index (κ2) is 3790. The number of halogens is 6. The summed E-state index contributed by atoms with van der Waals surface area (Å²) in [5, 5.41) is 0. The van der Waals surface area contributed by atoms with Gasteiger partial charge in [0.25, 0.3) is 0 Å². The Bertz CT molecular complexity index is 8.49. The van der Waals surface area contributed by atoms with Crippen LogP contribution in [-0.4, -0.2) is 16.4 Å². The lowest BCUT2D eigenvalue weighted by Gasteiger charge is -0.412. The monoisotopic (exact) mass is 170 g/mol. The summed E-state index contributed by atoms with van der Waals surface area (Å²) in [6, 6.07) is 0. The molecule has 0 aromatic carbocycles. The van der Waals surface area contributed by atoms with E-state index in [1.165, 1.54) is 0 Å². The van der Waals surface area contributed by atoms with Crippen LogP contribution in [-0.2, 0) is 0 Å². The highest BCUT2D eigenvalue weighted by molar-refractivity contribution is 5.75. The van der Waals surface area contributed by atoms with Gasteiger partial charge in [-0.3, -0.25) is 28.2 Å². The highest BCUT2D eigenvalue weighted by atomic mass is 28.1. The van der Waals surface area contributed by atoms with Crippen LogP contribution in [0.2, 0.25) is 0 Å². The number of rotatable bonds is 0. The molecule has 8 heteroatoms. The molecule has 0 rings (SSSR count). The maximum atomic E-state index is 0. The quantitative estimate of drug-likeness (QED) is 0.317. The first-order valence-electron chi connectivity index (χ1n) is 0. The Kier molecular flexibility index (Phi) is 2840000. The summed E-state index contributed by atoms with van der Waals surface area (Å²) >= 11 is 0. The maximum Gasteiger partial charge on any atom is -0.0149 e.